The highest BCUT2D eigenvalue weighted by Crippen LogP contribution is 2.79. The monoisotopic (exact) mass is 528 g/mol. The third kappa shape index (κ3) is 4.84. The Kier molecular flexibility index (Phi) is 7.85. The normalized spacial score (nSPS) is 43.9. The fourth-order valence-electron chi connectivity index (χ4n) is 8.36. The minimum atomic E-state index is 0.698. The highest BCUT2D eigenvalue weighted by molar-refractivity contribution is 9.12. The van der Waals surface area contributed by atoms with Crippen molar-refractivity contribution in [2.75, 3.05) is 0 Å². The third-order valence-electron chi connectivity index (χ3n) is 9.91. The van der Waals surface area contributed by atoms with E-state index < -0.39 is 0 Å². The van der Waals surface area contributed by atoms with Crippen molar-refractivity contribution in [3.05, 3.63) is 0 Å². The Labute approximate surface area is 198 Å². The van der Waals surface area contributed by atoms with Crippen LogP contribution >= 0.6 is 31.9 Å². The maximum absolute atomic E-state index is 4.20. The van der Waals surface area contributed by atoms with Crippen molar-refractivity contribution in [1.29, 1.82) is 0 Å². The van der Waals surface area contributed by atoms with E-state index in [1.54, 1.807) is 19.3 Å². The second-order valence-corrected chi connectivity index (χ2v) is 14.0. The molecule has 168 valence electrons. The van der Waals surface area contributed by atoms with Gasteiger partial charge in [-0.15, -0.1) is 0 Å². The van der Waals surface area contributed by atoms with Crippen LogP contribution in [-0.2, 0) is 0 Å². The van der Waals surface area contributed by atoms with Gasteiger partial charge in [0.05, 0.1) is 0 Å². The molecule has 0 aliphatic heterocycles. The van der Waals surface area contributed by atoms with E-state index in [0.29, 0.717) is 9.65 Å². The molecular formula is C27H46Br2. The molecule has 29 heavy (non-hydrogen) atoms. The summed E-state index contributed by atoms with van der Waals surface area (Å²) in [4.78, 5) is 1.40. The molecule has 0 aromatic carbocycles. The number of halogens is 2. The average molecular weight is 530 g/mol. The quantitative estimate of drug-likeness (QED) is 0.195. The Balaban J connectivity index is 1.17. The average Bonchev–Trinajstić information content (AvgIpc) is 2.69. The molecular weight excluding hydrogens is 484 g/mol. The van der Waals surface area contributed by atoms with E-state index in [2.05, 4.69) is 45.7 Å². The van der Waals surface area contributed by atoms with E-state index in [-0.39, 0.29) is 0 Å². The van der Waals surface area contributed by atoms with Gasteiger partial charge in [-0.2, -0.15) is 0 Å². The van der Waals surface area contributed by atoms with Crippen LogP contribution in [0.15, 0.2) is 0 Å². The van der Waals surface area contributed by atoms with Crippen molar-refractivity contribution in [3.8, 4) is 0 Å². The summed E-state index contributed by atoms with van der Waals surface area (Å²) in [5.41, 5.74) is 1.66. The first-order chi connectivity index (χ1) is 14.0. The van der Waals surface area contributed by atoms with Crippen molar-refractivity contribution < 1.29 is 0 Å². The van der Waals surface area contributed by atoms with Crippen LogP contribution in [0, 0.1) is 34.5 Å². The smallest absolute Gasteiger partial charge is 0.0302 e. The van der Waals surface area contributed by atoms with Crippen molar-refractivity contribution in [3.63, 3.8) is 0 Å². The molecule has 0 heterocycles. The lowest BCUT2D eigenvalue weighted by molar-refractivity contribution is -0.245. The Bertz CT molecular complexity index is 493. The topological polar surface area (TPSA) is 0 Å². The maximum Gasteiger partial charge on any atom is 0.0302 e. The van der Waals surface area contributed by atoms with Gasteiger partial charge >= 0.3 is 0 Å². The number of unbranched alkanes of at least 4 members (excludes halogenated alkanes) is 2. The van der Waals surface area contributed by atoms with Crippen LogP contribution in [0.4, 0.5) is 0 Å². The van der Waals surface area contributed by atoms with E-state index >= 15 is 0 Å². The molecule has 0 N–H and O–H groups in total. The van der Waals surface area contributed by atoms with Gasteiger partial charge in [-0.3, -0.25) is 0 Å². The van der Waals surface area contributed by atoms with Crippen LogP contribution in [-0.4, -0.2) is 9.65 Å². The van der Waals surface area contributed by atoms with Gasteiger partial charge in [0.25, 0.3) is 0 Å². The summed E-state index contributed by atoms with van der Waals surface area (Å²) >= 11 is 8.39. The van der Waals surface area contributed by atoms with Gasteiger partial charge in [-0.25, -0.2) is 0 Å². The van der Waals surface area contributed by atoms with Crippen molar-refractivity contribution >= 4 is 31.9 Å². The lowest BCUT2D eigenvalue weighted by Crippen LogP contribution is -2.65. The van der Waals surface area contributed by atoms with Crippen LogP contribution in [0.2, 0.25) is 0 Å². The first kappa shape index (κ1) is 23.1. The number of hydrogen-bond acceptors (Lipinski definition) is 0. The zero-order chi connectivity index (χ0) is 20.5. The lowest BCUT2D eigenvalue weighted by atomic mass is 9.30. The van der Waals surface area contributed by atoms with Crippen LogP contribution in [0.25, 0.3) is 0 Å². The molecule has 0 spiro atoms. The Morgan fingerprint density at radius 3 is 1.79 bits per heavy atom. The first-order valence-electron chi connectivity index (χ1n) is 13.3. The lowest BCUT2D eigenvalue weighted by Gasteiger charge is -2.75. The number of hydrogen-bond donors (Lipinski definition) is 0. The molecule has 5 rings (SSSR count). The summed E-state index contributed by atoms with van der Waals surface area (Å²) in [5, 5.41) is 0. The minimum Gasteiger partial charge on any atom is -0.0875 e. The van der Waals surface area contributed by atoms with Crippen LogP contribution in [0.5, 0.6) is 0 Å². The van der Waals surface area contributed by atoms with Crippen molar-refractivity contribution in [2.24, 2.45) is 34.5 Å². The van der Waals surface area contributed by atoms with E-state index in [4.69, 9.17) is 0 Å². The molecule has 0 radical (unpaired) electrons. The first-order valence-corrected chi connectivity index (χ1v) is 15.1. The van der Waals surface area contributed by atoms with Crippen molar-refractivity contribution in [1.82, 2.24) is 0 Å². The largest absolute Gasteiger partial charge is 0.0875 e. The van der Waals surface area contributed by atoms with E-state index in [9.17, 15) is 0 Å². The summed E-state index contributed by atoms with van der Waals surface area (Å²) in [5.74, 6) is 3.93. The fourth-order valence-corrected chi connectivity index (χ4v) is 10.3. The van der Waals surface area contributed by atoms with Gasteiger partial charge in [0, 0.05) is 9.65 Å². The van der Waals surface area contributed by atoms with Gasteiger partial charge in [-0.05, 0) is 98.7 Å². The fraction of sp³-hybridized carbons (Fsp3) is 1.00. The molecule has 5 saturated carbocycles. The van der Waals surface area contributed by atoms with E-state index in [0.717, 1.165) is 34.5 Å². The summed E-state index contributed by atoms with van der Waals surface area (Å²) in [6.07, 6.45) is 25.4. The Morgan fingerprint density at radius 2 is 1.28 bits per heavy atom. The van der Waals surface area contributed by atoms with Crippen molar-refractivity contribution in [2.45, 2.75) is 133 Å². The Morgan fingerprint density at radius 1 is 0.724 bits per heavy atom. The molecule has 5 aliphatic carbocycles. The highest BCUT2D eigenvalue weighted by atomic mass is 79.9. The predicted molar refractivity (Wildman–Crippen MR) is 134 cm³/mol. The van der Waals surface area contributed by atoms with Crippen LogP contribution < -0.4 is 0 Å². The molecule has 0 aromatic rings. The molecule has 2 unspecified atom stereocenters. The van der Waals surface area contributed by atoms with Crippen LogP contribution in [0.1, 0.15) is 123 Å². The molecule has 2 atom stereocenters. The summed E-state index contributed by atoms with van der Waals surface area (Å²) in [6, 6.07) is 0. The molecule has 0 saturated heterocycles. The Hall–Kier alpha value is 0.960. The minimum absolute atomic E-state index is 0.698. The standard InChI is InChI=1S/C27H46Br2/c1-3-5-6-7-20-8-10-21(11-9-20)24(28)25(29)22-12-14-23(15-13-22)27-17-26(18-27,19-27)16-4-2/h20-25H,3-19H2,1-2H3/t20-,21-,22-,23-,24?,25?,26?,27?. The molecule has 0 nitrogen and oxygen atoms in total. The maximum atomic E-state index is 4.20. The molecule has 0 aromatic heterocycles. The molecule has 2 heteroatoms. The second kappa shape index (κ2) is 9.84. The third-order valence-corrected chi connectivity index (χ3v) is 13.3. The highest BCUT2D eigenvalue weighted by Gasteiger charge is 2.68. The van der Waals surface area contributed by atoms with Gasteiger partial charge < -0.3 is 0 Å². The number of rotatable bonds is 10. The van der Waals surface area contributed by atoms with E-state index in [1.165, 1.54) is 89.9 Å². The molecule has 5 aliphatic rings. The summed E-state index contributed by atoms with van der Waals surface area (Å²) in [7, 11) is 0. The summed E-state index contributed by atoms with van der Waals surface area (Å²) < 4.78 is 0. The molecule has 0 amide bonds. The zero-order valence-electron chi connectivity index (χ0n) is 19.2. The SMILES string of the molecule is CCCCC[C@H]1CC[C@H](C(Br)C(Br)[C@H]2CC[C@H](C34CC(CCC)(C3)C4)CC2)CC1. The van der Waals surface area contributed by atoms with Gasteiger partial charge in [0.1, 0.15) is 0 Å². The van der Waals surface area contributed by atoms with Gasteiger partial charge in [0.15, 0.2) is 0 Å². The molecule has 5 fully saturated rings. The van der Waals surface area contributed by atoms with E-state index in [1.807, 2.05) is 0 Å². The zero-order valence-corrected chi connectivity index (χ0v) is 22.4. The second-order valence-electron chi connectivity index (χ2n) is 11.9. The summed E-state index contributed by atoms with van der Waals surface area (Å²) in [6.45, 7) is 4.71. The van der Waals surface area contributed by atoms with Gasteiger partial charge in [-0.1, -0.05) is 90.7 Å². The molecule has 2 bridgehead atoms. The predicted octanol–water partition coefficient (Wildman–Crippen LogP) is 9.68. The van der Waals surface area contributed by atoms with Gasteiger partial charge in [0.2, 0.25) is 0 Å². The van der Waals surface area contributed by atoms with Crippen LogP contribution in [0.3, 0.4) is 0 Å². The number of alkyl halides is 2.